The first-order valence-corrected chi connectivity index (χ1v) is 15.9. The van der Waals surface area contributed by atoms with Crippen molar-refractivity contribution in [3.05, 3.63) is 221 Å². The van der Waals surface area contributed by atoms with Crippen LogP contribution < -0.4 is 4.90 Å². The summed E-state index contributed by atoms with van der Waals surface area (Å²) in [4.78, 5) is 2.30. The van der Waals surface area contributed by atoms with Gasteiger partial charge in [-0.1, -0.05) is 188 Å². The molecule has 0 aliphatic rings. The minimum absolute atomic E-state index is 1.10. The van der Waals surface area contributed by atoms with Crippen LogP contribution in [0, 0.1) is 0 Å². The predicted molar refractivity (Wildman–Crippen MR) is 206 cm³/mol. The molecule has 0 amide bonds. The zero-order chi connectivity index (χ0) is 31.9. The lowest BCUT2D eigenvalue weighted by Crippen LogP contribution is -2.09. The Bertz CT molecular complexity index is 1870. The summed E-state index contributed by atoms with van der Waals surface area (Å²) in [7, 11) is 0. The quantitative estimate of drug-likeness (QED) is 0.105. The lowest BCUT2D eigenvalue weighted by atomic mass is 10.1. The number of benzene rings is 6. The van der Waals surface area contributed by atoms with Crippen molar-refractivity contribution < 1.29 is 0 Å². The van der Waals surface area contributed by atoms with Gasteiger partial charge in [0.25, 0.3) is 0 Å². The molecule has 6 aromatic rings. The fraction of sp³-hybridized carbons (Fsp3) is 0. The predicted octanol–water partition coefficient (Wildman–Crippen LogP) is 12.8. The highest BCUT2D eigenvalue weighted by Crippen LogP contribution is 2.35. The van der Waals surface area contributed by atoms with E-state index in [1.807, 2.05) is 30.3 Å². The fourth-order valence-corrected chi connectivity index (χ4v) is 5.19. The lowest BCUT2D eigenvalue weighted by Gasteiger charge is -2.26. The average Bonchev–Trinajstić information content (AvgIpc) is 3.14. The highest BCUT2D eigenvalue weighted by atomic mass is 15.1. The van der Waals surface area contributed by atoms with E-state index in [2.05, 4.69) is 199 Å². The summed E-state index contributed by atoms with van der Waals surface area (Å²) in [5.74, 6) is 0. The molecule has 1 heteroatoms. The van der Waals surface area contributed by atoms with Gasteiger partial charge in [0.05, 0.1) is 0 Å². The lowest BCUT2D eigenvalue weighted by molar-refractivity contribution is 1.28. The minimum Gasteiger partial charge on any atom is -0.311 e. The molecule has 0 aliphatic carbocycles. The van der Waals surface area contributed by atoms with Crippen LogP contribution in [0.5, 0.6) is 0 Å². The van der Waals surface area contributed by atoms with Crippen LogP contribution in [0.3, 0.4) is 0 Å². The van der Waals surface area contributed by atoms with Crippen LogP contribution >= 0.6 is 0 Å². The van der Waals surface area contributed by atoms with Crippen LogP contribution in [0.1, 0.15) is 33.4 Å². The van der Waals surface area contributed by atoms with Crippen LogP contribution in [-0.4, -0.2) is 0 Å². The van der Waals surface area contributed by atoms with Crippen molar-refractivity contribution in [2.24, 2.45) is 0 Å². The summed E-state index contributed by atoms with van der Waals surface area (Å²) < 4.78 is 0. The van der Waals surface area contributed by atoms with Gasteiger partial charge in [0, 0.05) is 17.1 Å². The van der Waals surface area contributed by atoms with Gasteiger partial charge in [-0.2, -0.15) is 0 Å². The Morgan fingerprint density at radius 3 is 0.809 bits per heavy atom. The molecular weight excluding hydrogens is 567 g/mol. The first kappa shape index (κ1) is 30.8. The maximum absolute atomic E-state index is 2.30. The Labute approximate surface area is 279 Å². The molecule has 0 aromatic heterocycles. The van der Waals surface area contributed by atoms with Gasteiger partial charge in [-0.3, -0.25) is 0 Å². The number of hydrogen-bond donors (Lipinski definition) is 0. The van der Waals surface area contributed by atoms with E-state index in [1.165, 1.54) is 16.7 Å². The summed E-state index contributed by atoms with van der Waals surface area (Å²) in [5.41, 5.74) is 10.3. The smallest absolute Gasteiger partial charge is 0.0462 e. The Morgan fingerprint density at radius 2 is 0.489 bits per heavy atom. The van der Waals surface area contributed by atoms with Gasteiger partial charge in [0.2, 0.25) is 0 Å². The van der Waals surface area contributed by atoms with Crippen molar-refractivity contribution in [3.63, 3.8) is 0 Å². The molecule has 0 fully saturated rings. The molecule has 0 spiro atoms. The summed E-state index contributed by atoms with van der Waals surface area (Å²) >= 11 is 0. The third-order valence-electron chi connectivity index (χ3n) is 7.70. The van der Waals surface area contributed by atoms with Gasteiger partial charge >= 0.3 is 0 Å². The molecule has 1 nitrogen and oxygen atoms in total. The first-order valence-electron chi connectivity index (χ1n) is 15.9. The molecule has 47 heavy (non-hydrogen) atoms. The number of nitrogens with zero attached hydrogens (tertiary/aromatic N) is 1. The maximum atomic E-state index is 2.30. The molecular formula is C46H37N. The Morgan fingerprint density at radius 1 is 0.234 bits per heavy atom. The molecule has 6 rings (SSSR count). The van der Waals surface area contributed by atoms with Crippen LogP contribution in [0.2, 0.25) is 0 Å². The molecule has 0 N–H and O–H groups in total. The van der Waals surface area contributed by atoms with Gasteiger partial charge in [-0.25, -0.2) is 0 Å². The SMILES string of the molecule is C(=C\C=C\c1ccc(N(c2ccc(/C=C/c3ccccc3)cc2)c2ccc(/C=C/c3ccccc3)cc2)cc1)/C=C/c1ccccc1. The van der Waals surface area contributed by atoms with E-state index in [9.17, 15) is 0 Å². The Kier molecular flexibility index (Phi) is 10.6. The normalized spacial score (nSPS) is 11.8. The van der Waals surface area contributed by atoms with Crippen LogP contribution in [0.4, 0.5) is 17.1 Å². The minimum atomic E-state index is 1.10. The molecule has 0 radical (unpaired) electrons. The molecule has 0 heterocycles. The molecule has 0 bridgehead atoms. The standard InChI is InChI=1S/C46H37N/c1(6-14-38-15-8-3-9-16-38)2-7-21-41-26-32-44(33-27-41)47(45-34-28-42(29-35-45)24-22-39-17-10-4-11-18-39)46-36-30-43(31-37-46)25-23-40-19-12-5-13-20-40/h1-37H/b2-1+,14-6+,21-7+,24-22+,25-23+. The van der Waals surface area contributed by atoms with E-state index in [1.54, 1.807) is 0 Å². The highest BCUT2D eigenvalue weighted by molar-refractivity contribution is 5.80. The average molecular weight is 604 g/mol. The third kappa shape index (κ3) is 9.17. The van der Waals surface area contributed by atoms with Gasteiger partial charge in [-0.15, -0.1) is 0 Å². The van der Waals surface area contributed by atoms with Crippen LogP contribution in [0.15, 0.2) is 188 Å². The van der Waals surface area contributed by atoms with E-state index in [-0.39, 0.29) is 0 Å². The van der Waals surface area contributed by atoms with Crippen molar-refractivity contribution >= 4 is 53.5 Å². The van der Waals surface area contributed by atoms with Crippen LogP contribution in [-0.2, 0) is 0 Å². The zero-order valence-corrected chi connectivity index (χ0v) is 26.3. The Balaban J connectivity index is 1.21. The van der Waals surface area contributed by atoms with E-state index >= 15 is 0 Å². The molecule has 0 unspecified atom stereocenters. The topological polar surface area (TPSA) is 3.24 Å². The molecule has 6 aromatic carbocycles. The number of allylic oxidation sites excluding steroid dienone is 4. The van der Waals surface area contributed by atoms with E-state index in [0.717, 1.165) is 33.8 Å². The number of hydrogen-bond acceptors (Lipinski definition) is 1. The molecule has 0 aliphatic heterocycles. The first-order chi connectivity index (χ1) is 23.3. The van der Waals surface area contributed by atoms with Gasteiger partial charge in [0.15, 0.2) is 0 Å². The van der Waals surface area contributed by atoms with E-state index in [0.29, 0.717) is 0 Å². The second-order valence-electron chi connectivity index (χ2n) is 11.1. The zero-order valence-electron chi connectivity index (χ0n) is 26.3. The van der Waals surface area contributed by atoms with Gasteiger partial charge in [-0.05, 0) is 69.8 Å². The molecule has 0 atom stereocenters. The van der Waals surface area contributed by atoms with Crippen molar-refractivity contribution in [2.45, 2.75) is 0 Å². The van der Waals surface area contributed by atoms with Crippen molar-refractivity contribution in [1.29, 1.82) is 0 Å². The van der Waals surface area contributed by atoms with E-state index in [4.69, 9.17) is 0 Å². The summed E-state index contributed by atoms with van der Waals surface area (Å²) in [6, 6.07) is 57.3. The van der Waals surface area contributed by atoms with Crippen molar-refractivity contribution in [3.8, 4) is 0 Å². The van der Waals surface area contributed by atoms with Crippen molar-refractivity contribution in [1.82, 2.24) is 0 Å². The number of rotatable bonds is 11. The van der Waals surface area contributed by atoms with Gasteiger partial charge in [0.1, 0.15) is 0 Å². The second kappa shape index (κ2) is 16.2. The van der Waals surface area contributed by atoms with Crippen LogP contribution in [0.25, 0.3) is 36.5 Å². The highest BCUT2D eigenvalue weighted by Gasteiger charge is 2.12. The molecule has 0 saturated carbocycles. The maximum Gasteiger partial charge on any atom is 0.0462 e. The Hall–Kier alpha value is -6.18. The number of anilines is 3. The monoisotopic (exact) mass is 603 g/mol. The summed E-state index contributed by atoms with van der Waals surface area (Å²) in [6.07, 6.45) is 21.1. The third-order valence-corrected chi connectivity index (χ3v) is 7.70. The van der Waals surface area contributed by atoms with E-state index < -0.39 is 0 Å². The van der Waals surface area contributed by atoms with Crippen molar-refractivity contribution in [2.75, 3.05) is 4.90 Å². The fourth-order valence-electron chi connectivity index (χ4n) is 5.19. The largest absolute Gasteiger partial charge is 0.311 e. The summed E-state index contributed by atoms with van der Waals surface area (Å²) in [5, 5.41) is 0. The summed E-state index contributed by atoms with van der Waals surface area (Å²) in [6.45, 7) is 0. The molecule has 0 saturated heterocycles. The van der Waals surface area contributed by atoms with Gasteiger partial charge < -0.3 is 4.90 Å². The second-order valence-corrected chi connectivity index (χ2v) is 11.1. The molecule has 226 valence electrons.